The average Bonchev–Trinajstić information content (AvgIpc) is 2.83. The highest BCUT2D eigenvalue weighted by Crippen LogP contribution is 2.03. The third-order valence-corrected chi connectivity index (χ3v) is 2.63. The van der Waals surface area contributed by atoms with Gasteiger partial charge in [-0.1, -0.05) is 22.9 Å². The summed E-state index contributed by atoms with van der Waals surface area (Å²) in [6.45, 7) is 1.90. The number of benzene rings is 1. The predicted molar refractivity (Wildman–Crippen MR) is 70.0 cm³/mol. The standard InChI is InChI=1S/C13H14N4O3/c1-9-2-4-10(5-3-9)13(20)14-6-11-7-17(16-15-11)8-12(18)19/h2-5,7H,6,8H2,1H3,(H,14,20)(H,18,19). The fraction of sp³-hybridized carbons (Fsp3) is 0.231. The van der Waals surface area contributed by atoms with Crippen molar-refractivity contribution in [2.75, 3.05) is 0 Å². The number of rotatable bonds is 5. The Morgan fingerprint density at radius 1 is 1.30 bits per heavy atom. The first-order valence-corrected chi connectivity index (χ1v) is 6.00. The van der Waals surface area contributed by atoms with Crippen LogP contribution in [0.5, 0.6) is 0 Å². The summed E-state index contributed by atoms with van der Waals surface area (Å²) >= 11 is 0. The number of hydrogen-bond donors (Lipinski definition) is 2. The molecule has 0 unspecified atom stereocenters. The quantitative estimate of drug-likeness (QED) is 0.832. The summed E-state index contributed by atoms with van der Waals surface area (Å²) in [6.07, 6.45) is 1.49. The molecular weight excluding hydrogens is 260 g/mol. The van der Waals surface area contributed by atoms with Gasteiger partial charge in [0, 0.05) is 5.56 Å². The van der Waals surface area contributed by atoms with Crippen molar-refractivity contribution in [1.82, 2.24) is 20.3 Å². The summed E-state index contributed by atoms with van der Waals surface area (Å²) in [7, 11) is 0. The maximum absolute atomic E-state index is 11.9. The molecule has 1 aromatic carbocycles. The maximum atomic E-state index is 11.9. The van der Waals surface area contributed by atoms with Crippen molar-refractivity contribution < 1.29 is 14.7 Å². The number of carboxylic acids is 1. The molecule has 0 bridgehead atoms. The molecule has 1 amide bonds. The van der Waals surface area contributed by atoms with Crippen molar-refractivity contribution in [2.24, 2.45) is 0 Å². The van der Waals surface area contributed by atoms with Gasteiger partial charge in [-0.3, -0.25) is 9.59 Å². The zero-order valence-electron chi connectivity index (χ0n) is 10.9. The van der Waals surface area contributed by atoms with Crippen LogP contribution in [0.15, 0.2) is 30.5 Å². The summed E-state index contributed by atoms with van der Waals surface area (Å²) in [5.41, 5.74) is 2.15. The highest BCUT2D eigenvalue weighted by atomic mass is 16.4. The molecule has 7 nitrogen and oxygen atoms in total. The van der Waals surface area contributed by atoms with Crippen LogP contribution >= 0.6 is 0 Å². The minimum absolute atomic E-state index is 0.201. The molecule has 0 fully saturated rings. The second kappa shape index (κ2) is 5.96. The normalized spacial score (nSPS) is 10.2. The zero-order chi connectivity index (χ0) is 14.5. The van der Waals surface area contributed by atoms with Gasteiger partial charge in [0.05, 0.1) is 12.7 Å². The van der Waals surface area contributed by atoms with Crippen LogP contribution in [-0.2, 0) is 17.9 Å². The van der Waals surface area contributed by atoms with Crippen LogP contribution in [-0.4, -0.2) is 32.0 Å². The van der Waals surface area contributed by atoms with Crippen LogP contribution in [0.1, 0.15) is 21.6 Å². The van der Waals surface area contributed by atoms with E-state index in [0.717, 1.165) is 5.56 Å². The van der Waals surface area contributed by atoms with Gasteiger partial charge in [0.2, 0.25) is 0 Å². The highest BCUT2D eigenvalue weighted by molar-refractivity contribution is 5.94. The molecule has 20 heavy (non-hydrogen) atoms. The first-order valence-electron chi connectivity index (χ1n) is 6.00. The summed E-state index contributed by atoms with van der Waals surface area (Å²) in [5.74, 6) is -1.21. The van der Waals surface area contributed by atoms with Crippen LogP contribution < -0.4 is 5.32 Å². The molecule has 0 aliphatic heterocycles. The molecule has 0 radical (unpaired) electrons. The first-order chi connectivity index (χ1) is 9.54. The fourth-order valence-electron chi connectivity index (χ4n) is 1.61. The number of hydrogen-bond acceptors (Lipinski definition) is 4. The van der Waals surface area contributed by atoms with Crippen LogP contribution in [0.25, 0.3) is 0 Å². The van der Waals surface area contributed by atoms with Gasteiger partial charge in [0.15, 0.2) is 0 Å². The van der Waals surface area contributed by atoms with Gasteiger partial charge in [-0.25, -0.2) is 4.68 Å². The van der Waals surface area contributed by atoms with E-state index >= 15 is 0 Å². The molecule has 0 spiro atoms. The number of nitrogens with zero attached hydrogens (tertiary/aromatic N) is 3. The van der Waals surface area contributed by atoms with Crippen LogP contribution in [0.3, 0.4) is 0 Å². The minimum atomic E-state index is -0.995. The number of carbonyl (C=O) groups excluding carboxylic acids is 1. The number of nitrogens with one attached hydrogen (secondary N) is 1. The Kier molecular flexibility index (Phi) is 4.09. The lowest BCUT2D eigenvalue weighted by molar-refractivity contribution is -0.137. The Morgan fingerprint density at radius 3 is 2.65 bits per heavy atom. The number of aryl methyl sites for hydroxylation is 1. The van der Waals surface area contributed by atoms with Crippen molar-refractivity contribution >= 4 is 11.9 Å². The number of aliphatic carboxylic acids is 1. The SMILES string of the molecule is Cc1ccc(C(=O)NCc2cn(CC(=O)O)nn2)cc1. The molecular formula is C13H14N4O3. The largest absolute Gasteiger partial charge is 0.480 e. The molecule has 7 heteroatoms. The number of aromatic nitrogens is 3. The van der Waals surface area contributed by atoms with Gasteiger partial charge in [0.1, 0.15) is 12.2 Å². The van der Waals surface area contributed by atoms with E-state index in [9.17, 15) is 9.59 Å². The predicted octanol–water partition coefficient (Wildman–Crippen LogP) is 0.601. The Balaban J connectivity index is 1.91. The molecule has 1 heterocycles. The van der Waals surface area contributed by atoms with E-state index in [1.54, 1.807) is 12.1 Å². The second-order valence-corrected chi connectivity index (χ2v) is 4.35. The molecule has 2 rings (SSSR count). The van der Waals surface area contributed by atoms with E-state index in [2.05, 4.69) is 15.6 Å². The summed E-state index contributed by atoms with van der Waals surface area (Å²) in [6, 6.07) is 7.20. The second-order valence-electron chi connectivity index (χ2n) is 4.35. The lowest BCUT2D eigenvalue weighted by Gasteiger charge is -2.03. The van der Waals surface area contributed by atoms with Crippen molar-refractivity contribution in [3.8, 4) is 0 Å². The van der Waals surface area contributed by atoms with E-state index in [-0.39, 0.29) is 19.0 Å². The number of amides is 1. The van der Waals surface area contributed by atoms with Crippen LogP contribution in [0.2, 0.25) is 0 Å². The molecule has 2 aromatic rings. The van der Waals surface area contributed by atoms with Crippen molar-refractivity contribution in [2.45, 2.75) is 20.0 Å². The lowest BCUT2D eigenvalue weighted by Crippen LogP contribution is -2.22. The molecule has 0 saturated heterocycles. The van der Waals surface area contributed by atoms with Gasteiger partial charge < -0.3 is 10.4 Å². The molecule has 0 aliphatic carbocycles. The van der Waals surface area contributed by atoms with E-state index in [4.69, 9.17) is 5.11 Å². The smallest absolute Gasteiger partial charge is 0.325 e. The molecule has 0 saturated carbocycles. The Bertz CT molecular complexity index is 619. The first kappa shape index (κ1) is 13.7. The van der Waals surface area contributed by atoms with Gasteiger partial charge >= 0.3 is 5.97 Å². The van der Waals surface area contributed by atoms with Crippen molar-refractivity contribution in [3.05, 3.63) is 47.3 Å². The number of carbonyl (C=O) groups is 2. The molecule has 0 atom stereocenters. The third kappa shape index (κ3) is 3.64. The van der Waals surface area contributed by atoms with Gasteiger partial charge in [-0.2, -0.15) is 0 Å². The molecule has 1 aromatic heterocycles. The summed E-state index contributed by atoms with van der Waals surface area (Å²) in [4.78, 5) is 22.4. The van der Waals surface area contributed by atoms with Crippen molar-refractivity contribution in [3.63, 3.8) is 0 Å². The van der Waals surface area contributed by atoms with E-state index < -0.39 is 5.97 Å². The van der Waals surface area contributed by atoms with E-state index in [1.165, 1.54) is 10.9 Å². The van der Waals surface area contributed by atoms with Gasteiger partial charge in [-0.05, 0) is 19.1 Å². The Labute approximate surface area is 115 Å². The average molecular weight is 274 g/mol. The minimum Gasteiger partial charge on any atom is -0.480 e. The van der Waals surface area contributed by atoms with E-state index in [0.29, 0.717) is 11.3 Å². The highest BCUT2D eigenvalue weighted by Gasteiger charge is 2.07. The van der Waals surface area contributed by atoms with Crippen LogP contribution in [0.4, 0.5) is 0 Å². The summed E-state index contributed by atoms with van der Waals surface area (Å²) < 4.78 is 1.20. The van der Waals surface area contributed by atoms with E-state index in [1.807, 2.05) is 19.1 Å². The number of carboxylic acid groups (broad SMARTS) is 1. The molecule has 2 N–H and O–H groups in total. The lowest BCUT2D eigenvalue weighted by atomic mass is 10.1. The Morgan fingerprint density at radius 2 is 2.00 bits per heavy atom. The third-order valence-electron chi connectivity index (χ3n) is 2.63. The van der Waals surface area contributed by atoms with Crippen molar-refractivity contribution in [1.29, 1.82) is 0 Å². The topological polar surface area (TPSA) is 97.1 Å². The Hall–Kier alpha value is -2.70. The molecule has 0 aliphatic rings. The zero-order valence-corrected chi connectivity index (χ0v) is 10.9. The molecule has 104 valence electrons. The van der Waals surface area contributed by atoms with Crippen LogP contribution in [0, 0.1) is 6.92 Å². The van der Waals surface area contributed by atoms with Gasteiger partial charge in [0.25, 0.3) is 5.91 Å². The maximum Gasteiger partial charge on any atom is 0.325 e. The van der Waals surface area contributed by atoms with Gasteiger partial charge in [-0.15, -0.1) is 5.10 Å². The fourth-order valence-corrected chi connectivity index (χ4v) is 1.61. The monoisotopic (exact) mass is 274 g/mol. The summed E-state index contributed by atoms with van der Waals surface area (Å²) in [5, 5.41) is 18.7.